The molecule has 1 aliphatic rings. The molecular formula is C20H18ClNO2. The van der Waals surface area contributed by atoms with Crippen LogP contribution in [0.25, 0.3) is 11.3 Å². The smallest absolute Gasteiger partial charge is 0.222 e. The van der Waals surface area contributed by atoms with Crippen LogP contribution in [0.5, 0.6) is 0 Å². The molecule has 122 valence electrons. The summed E-state index contributed by atoms with van der Waals surface area (Å²) in [5, 5.41) is 0.713. The lowest BCUT2D eigenvalue weighted by atomic mass is 10.1. The highest BCUT2D eigenvalue weighted by Crippen LogP contribution is 2.19. The Morgan fingerprint density at radius 2 is 1.88 bits per heavy atom. The van der Waals surface area contributed by atoms with Crippen LogP contribution >= 0.6 is 11.6 Å². The van der Waals surface area contributed by atoms with E-state index in [0.717, 1.165) is 16.8 Å². The normalized spacial score (nSPS) is 20.6. The van der Waals surface area contributed by atoms with Crippen molar-refractivity contribution in [2.45, 2.75) is 13.2 Å². The fraction of sp³-hybridized carbons (Fsp3) is 0.250. The van der Waals surface area contributed by atoms with Crippen LogP contribution in [0.2, 0.25) is 5.02 Å². The Bertz CT molecular complexity index is 749. The molecule has 0 aliphatic carbocycles. The van der Waals surface area contributed by atoms with Gasteiger partial charge in [0.1, 0.15) is 0 Å². The second-order valence-corrected chi connectivity index (χ2v) is 5.93. The number of ether oxygens (including phenoxy) is 2. The van der Waals surface area contributed by atoms with Crippen molar-refractivity contribution in [3.8, 4) is 23.1 Å². The zero-order valence-electron chi connectivity index (χ0n) is 13.4. The minimum atomic E-state index is -0.470. The number of pyridine rings is 1. The molecule has 1 aliphatic heterocycles. The van der Waals surface area contributed by atoms with Crippen molar-refractivity contribution < 1.29 is 9.47 Å². The predicted octanol–water partition coefficient (Wildman–Crippen LogP) is 4.32. The number of nitrogens with zero attached hydrogens (tertiary/aromatic N) is 1. The van der Waals surface area contributed by atoms with E-state index in [1.807, 2.05) is 49.4 Å². The van der Waals surface area contributed by atoms with E-state index in [4.69, 9.17) is 21.1 Å². The Hall–Kier alpha value is -2.12. The third kappa shape index (κ3) is 4.46. The minimum absolute atomic E-state index is 0.313. The van der Waals surface area contributed by atoms with E-state index in [2.05, 4.69) is 22.9 Å². The molecule has 3 nitrogen and oxygen atoms in total. The molecule has 2 aromatic rings. The summed E-state index contributed by atoms with van der Waals surface area (Å²) in [7, 11) is 0. The second kappa shape index (κ2) is 8.12. The van der Waals surface area contributed by atoms with Gasteiger partial charge < -0.3 is 9.47 Å². The molecule has 1 aromatic carbocycles. The van der Waals surface area contributed by atoms with Crippen molar-refractivity contribution in [1.82, 2.24) is 4.98 Å². The first-order chi connectivity index (χ1) is 11.7. The first-order valence-electron chi connectivity index (χ1n) is 7.84. The number of hydrogen-bond acceptors (Lipinski definition) is 3. The van der Waals surface area contributed by atoms with E-state index in [0.29, 0.717) is 24.2 Å². The molecule has 24 heavy (non-hydrogen) atoms. The second-order valence-electron chi connectivity index (χ2n) is 5.49. The summed E-state index contributed by atoms with van der Waals surface area (Å²) < 4.78 is 11.2. The van der Waals surface area contributed by atoms with Gasteiger partial charge in [-0.1, -0.05) is 41.8 Å². The molecule has 0 atom stereocenters. The molecule has 1 saturated heterocycles. The van der Waals surface area contributed by atoms with Crippen molar-refractivity contribution >= 4 is 11.6 Å². The molecule has 0 spiro atoms. The zero-order chi connectivity index (χ0) is 16.8. The highest BCUT2D eigenvalue weighted by molar-refractivity contribution is 6.30. The monoisotopic (exact) mass is 339 g/mol. The van der Waals surface area contributed by atoms with Gasteiger partial charge in [0, 0.05) is 28.3 Å². The Labute approximate surface area is 147 Å². The van der Waals surface area contributed by atoms with Crippen molar-refractivity contribution in [3.05, 3.63) is 65.3 Å². The molecule has 1 fully saturated rings. The first kappa shape index (κ1) is 16.7. The van der Waals surface area contributed by atoms with Crippen LogP contribution in [0.4, 0.5) is 0 Å². The fourth-order valence-electron chi connectivity index (χ4n) is 2.39. The summed E-state index contributed by atoms with van der Waals surface area (Å²) in [5.41, 5.74) is 2.74. The number of hydrogen-bond donors (Lipinski definition) is 0. The van der Waals surface area contributed by atoms with E-state index >= 15 is 0 Å². The van der Waals surface area contributed by atoms with Gasteiger partial charge in [-0.05, 0) is 37.1 Å². The van der Waals surface area contributed by atoms with Gasteiger partial charge >= 0.3 is 0 Å². The van der Waals surface area contributed by atoms with Crippen LogP contribution in [-0.2, 0) is 9.47 Å². The summed E-state index contributed by atoms with van der Waals surface area (Å²) in [4.78, 5) is 4.44. The summed E-state index contributed by atoms with van der Waals surface area (Å²) >= 11 is 5.90. The van der Waals surface area contributed by atoms with Gasteiger partial charge in [0.15, 0.2) is 0 Å². The molecule has 0 radical (unpaired) electrons. The van der Waals surface area contributed by atoms with Gasteiger partial charge in [-0.3, -0.25) is 4.98 Å². The van der Waals surface area contributed by atoms with Gasteiger partial charge in [0.25, 0.3) is 0 Å². The average Bonchev–Trinajstić information content (AvgIpc) is 2.63. The SMILES string of the molecule is C/C=C/[C@H]1CO[C@H](C#Cc2ccc(-c3ccc(Cl)cc3)nc2)OC1. The van der Waals surface area contributed by atoms with Gasteiger partial charge in [-0.25, -0.2) is 0 Å². The molecule has 3 rings (SSSR count). The van der Waals surface area contributed by atoms with Crippen molar-refractivity contribution in [1.29, 1.82) is 0 Å². The lowest BCUT2D eigenvalue weighted by Gasteiger charge is -2.24. The molecule has 0 bridgehead atoms. The van der Waals surface area contributed by atoms with Crippen LogP contribution in [0.1, 0.15) is 12.5 Å². The molecule has 0 N–H and O–H groups in total. The van der Waals surface area contributed by atoms with Gasteiger partial charge in [-0.2, -0.15) is 0 Å². The summed E-state index contributed by atoms with van der Waals surface area (Å²) in [6.07, 6.45) is 5.38. The minimum Gasteiger partial charge on any atom is -0.341 e. The van der Waals surface area contributed by atoms with E-state index in [1.165, 1.54) is 0 Å². The number of rotatable bonds is 2. The third-order valence-electron chi connectivity index (χ3n) is 3.63. The van der Waals surface area contributed by atoms with Crippen LogP contribution in [0.15, 0.2) is 54.7 Å². The molecule has 0 amide bonds. The average molecular weight is 340 g/mol. The van der Waals surface area contributed by atoms with Crippen LogP contribution in [0, 0.1) is 17.8 Å². The van der Waals surface area contributed by atoms with E-state index < -0.39 is 6.29 Å². The van der Waals surface area contributed by atoms with Crippen molar-refractivity contribution in [3.63, 3.8) is 0 Å². The molecular weight excluding hydrogens is 322 g/mol. The standard InChI is InChI=1S/C20H18ClNO2/c1-2-3-16-13-23-20(24-14-16)11-5-15-4-10-19(22-12-15)17-6-8-18(21)9-7-17/h2-4,6-10,12,16,20H,13-14H2,1H3/b3-2+/t16-,20-. The Morgan fingerprint density at radius 1 is 1.12 bits per heavy atom. The number of halogens is 1. The summed E-state index contributed by atoms with van der Waals surface area (Å²) in [6, 6.07) is 11.5. The highest BCUT2D eigenvalue weighted by Gasteiger charge is 2.18. The van der Waals surface area contributed by atoms with Gasteiger partial charge in [0.05, 0.1) is 18.9 Å². The van der Waals surface area contributed by atoms with Crippen molar-refractivity contribution in [2.24, 2.45) is 5.92 Å². The maximum absolute atomic E-state index is 5.90. The Balaban J connectivity index is 1.62. The number of benzene rings is 1. The predicted molar refractivity (Wildman–Crippen MR) is 95.6 cm³/mol. The molecule has 1 aromatic heterocycles. The molecule has 4 heteroatoms. The van der Waals surface area contributed by atoms with Crippen LogP contribution in [-0.4, -0.2) is 24.5 Å². The van der Waals surface area contributed by atoms with Crippen molar-refractivity contribution in [2.75, 3.05) is 13.2 Å². The Kier molecular flexibility index (Phi) is 5.66. The summed E-state index contributed by atoms with van der Waals surface area (Å²) in [6.45, 7) is 3.27. The fourth-order valence-corrected chi connectivity index (χ4v) is 2.51. The van der Waals surface area contributed by atoms with E-state index in [-0.39, 0.29) is 0 Å². The van der Waals surface area contributed by atoms with E-state index in [9.17, 15) is 0 Å². The largest absolute Gasteiger partial charge is 0.341 e. The van der Waals surface area contributed by atoms with E-state index in [1.54, 1.807) is 6.20 Å². The Morgan fingerprint density at radius 3 is 2.50 bits per heavy atom. The van der Waals surface area contributed by atoms with Crippen LogP contribution < -0.4 is 0 Å². The lowest BCUT2D eigenvalue weighted by molar-refractivity contribution is -0.160. The number of aromatic nitrogens is 1. The lowest BCUT2D eigenvalue weighted by Crippen LogP contribution is -2.30. The summed E-state index contributed by atoms with van der Waals surface area (Å²) in [5.74, 6) is 6.35. The first-order valence-corrected chi connectivity index (χ1v) is 8.22. The third-order valence-corrected chi connectivity index (χ3v) is 3.88. The zero-order valence-corrected chi connectivity index (χ0v) is 14.2. The number of allylic oxidation sites excluding steroid dienone is 1. The maximum atomic E-state index is 5.90. The van der Waals surface area contributed by atoms with Crippen LogP contribution in [0.3, 0.4) is 0 Å². The molecule has 0 unspecified atom stereocenters. The van der Waals surface area contributed by atoms with Gasteiger partial charge in [0.2, 0.25) is 6.29 Å². The molecule has 2 heterocycles. The highest BCUT2D eigenvalue weighted by atomic mass is 35.5. The quantitative estimate of drug-likeness (QED) is 0.603. The molecule has 0 saturated carbocycles. The topological polar surface area (TPSA) is 31.4 Å². The maximum Gasteiger partial charge on any atom is 0.222 e. The van der Waals surface area contributed by atoms with Gasteiger partial charge in [-0.15, -0.1) is 0 Å².